The third-order valence-electron chi connectivity index (χ3n) is 7.15. The first kappa shape index (κ1) is 30.1. The van der Waals surface area contributed by atoms with Gasteiger partial charge in [0.05, 0.1) is 0 Å². The number of methoxy groups -OCH3 is 2. The molecule has 0 N–H and O–H groups in total. The fourth-order valence-electron chi connectivity index (χ4n) is 5.17. The molecule has 0 aliphatic heterocycles. The van der Waals surface area contributed by atoms with Crippen LogP contribution in [0.5, 0.6) is 0 Å². The topological polar surface area (TPSA) is 96.0 Å². The summed E-state index contributed by atoms with van der Waals surface area (Å²) in [5.41, 5.74) is -0.240. The van der Waals surface area contributed by atoms with Gasteiger partial charge in [-0.15, -0.1) is 0 Å². The van der Waals surface area contributed by atoms with Crippen molar-refractivity contribution in [2.75, 3.05) is 20.4 Å². The van der Waals surface area contributed by atoms with Gasteiger partial charge in [-0.2, -0.15) is 0 Å². The molecule has 0 radical (unpaired) electrons. The van der Waals surface area contributed by atoms with E-state index in [1.54, 1.807) is 0 Å². The van der Waals surface area contributed by atoms with E-state index in [0.29, 0.717) is 12.6 Å². The first-order valence-corrected chi connectivity index (χ1v) is 16.9. The minimum atomic E-state index is -4.64. The van der Waals surface area contributed by atoms with Gasteiger partial charge in [-0.05, 0) is 0 Å². The molecule has 0 aromatic heterocycles. The molecule has 41 heavy (non-hydrogen) atoms. The number of unbranched alkanes of at least 4 members (excludes halogenated alkanes) is 1. The molecule has 214 valence electrons. The molecular weight excluding hydrogens is 559 g/mol. The standard InChI is InChI=1S/C32H33O7PS/c1-4-5-21-40(27-15-9-6-10-16-27,28-17-11-7-12-18-28,29-19-13-8-14-20-29)39-41(35,36)30-23-25(31(33)37-2)22-26(24-30)32(34)38-3/h6-20,22-24H,4-5,21H2,1-3H3. The second-order valence-electron chi connectivity index (χ2n) is 9.55. The van der Waals surface area contributed by atoms with E-state index in [9.17, 15) is 18.0 Å². The van der Waals surface area contributed by atoms with Crippen LogP contribution in [0.3, 0.4) is 0 Å². The van der Waals surface area contributed by atoms with Crippen molar-refractivity contribution in [3.05, 3.63) is 120 Å². The van der Waals surface area contributed by atoms with Crippen LogP contribution in [0.25, 0.3) is 0 Å². The van der Waals surface area contributed by atoms with Gasteiger partial charge in [-0.1, -0.05) is 0 Å². The SMILES string of the molecule is CCCCP(OS(=O)(=O)c1cc(C(=O)OC)cc(C(=O)OC)c1)(c1ccccc1)(c1ccccc1)c1ccccc1. The van der Waals surface area contributed by atoms with Gasteiger partial charge in [0, 0.05) is 0 Å². The Morgan fingerprint density at radius 2 is 1.05 bits per heavy atom. The number of benzene rings is 4. The minimum absolute atomic E-state index is 0.120. The quantitative estimate of drug-likeness (QED) is 0.174. The van der Waals surface area contributed by atoms with Gasteiger partial charge >= 0.3 is 242 Å². The summed E-state index contributed by atoms with van der Waals surface area (Å²) in [4.78, 5) is 24.7. The third-order valence-corrected chi connectivity index (χ3v) is 15.4. The van der Waals surface area contributed by atoms with Gasteiger partial charge in [0.2, 0.25) is 0 Å². The molecule has 0 saturated carbocycles. The summed E-state index contributed by atoms with van der Waals surface area (Å²) in [6.45, 7) is -2.23. The maximum atomic E-state index is 14.6. The van der Waals surface area contributed by atoms with Crippen molar-refractivity contribution in [2.45, 2.75) is 24.7 Å². The Balaban J connectivity index is 2.13. The summed E-state index contributed by atoms with van der Waals surface area (Å²) in [6, 6.07) is 31.9. The number of hydrogen-bond acceptors (Lipinski definition) is 7. The van der Waals surface area contributed by atoms with Crippen LogP contribution in [0.2, 0.25) is 0 Å². The van der Waals surface area contributed by atoms with Crippen LogP contribution in [-0.4, -0.2) is 40.7 Å². The van der Waals surface area contributed by atoms with E-state index in [1.807, 2.05) is 97.9 Å². The molecule has 9 heteroatoms. The third kappa shape index (κ3) is 5.55. The zero-order chi connectivity index (χ0) is 29.5. The molecule has 0 fully saturated rings. The molecule has 0 saturated heterocycles. The molecule has 4 aromatic rings. The Labute approximate surface area is 241 Å². The Hall–Kier alpha value is -3.84. The Kier molecular flexibility index (Phi) is 9.08. The molecule has 4 rings (SSSR count). The molecule has 0 spiro atoms. The van der Waals surface area contributed by atoms with E-state index in [-0.39, 0.29) is 16.0 Å². The zero-order valence-electron chi connectivity index (χ0n) is 23.2. The van der Waals surface area contributed by atoms with Crippen molar-refractivity contribution in [1.29, 1.82) is 0 Å². The molecule has 0 aliphatic rings. The van der Waals surface area contributed by atoms with Crippen molar-refractivity contribution in [2.24, 2.45) is 0 Å². The van der Waals surface area contributed by atoms with Crippen LogP contribution in [0.1, 0.15) is 40.5 Å². The van der Waals surface area contributed by atoms with Gasteiger partial charge in [0.1, 0.15) is 0 Å². The Morgan fingerprint density at radius 3 is 1.39 bits per heavy atom. The van der Waals surface area contributed by atoms with E-state index in [4.69, 9.17) is 13.4 Å². The number of rotatable bonds is 11. The van der Waals surface area contributed by atoms with E-state index in [1.165, 1.54) is 32.4 Å². The average molecular weight is 593 g/mol. The van der Waals surface area contributed by atoms with Crippen LogP contribution < -0.4 is 15.9 Å². The number of hydrogen-bond donors (Lipinski definition) is 0. The predicted molar refractivity (Wildman–Crippen MR) is 162 cm³/mol. The van der Waals surface area contributed by atoms with Crippen molar-refractivity contribution < 1.29 is 31.5 Å². The summed E-state index contributed by atoms with van der Waals surface area (Å²) in [6.07, 6.45) is 1.86. The van der Waals surface area contributed by atoms with Crippen LogP contribution >= 0.6 is 6.83 Å². The molecule has 4 aromatic carbocycles. The molecule has 0 bridgehead atoms. The van der Waals surface area contributed by atoms with Gasteiger partial charge in [0.25, 0.3) is 0 Å². The monoisotopic (exact) mass is 592 g/mol. The molecule has 0 atom stereocenters. The molecular formula is C32H33O7PS. The first-order chi connectivity index (χ1) is 19.7. The Morgan fingerprint density at radius 1 is 0.659 bits per heavy atom. The molecule has 0 aliphatic carbocycles. The van der Waals surface area contributed by atoms with Gasteiger partial charge < -0.3 is 0 Å². The molecule has 0 heterocycles. The first-order valence-electron chi connectivity index (χ1n) is 13.2. The number of esters is 2. The van der Waals surface area contributed by atoms with Gasteiger partial charge in [0.15, 0.2) is 0 Å². The Bertz CT molecular complexity index is 1490. The fraction of sp³-hybridized carbons (Fsp3) is 0.188. The van der Waals surface area contributed by atoms with Crippen molar-refractivity contribution in [3.63, 3.8) is 0 Å². The fourth-order valence-corrected chi connectivity index (χ4v) is 14.1. The summed E-state index contributed by atoms with van der Waals surface area (Å²) in [5.74, 6) is -1.60. The van der Waals surface area contributed by atoms with Crippen LogP contribution in [0.15, 0.2) is 114 Å². The van der Waals surface area contributed by atoms with Crippen molar-refractivity contribution >= 4 is 44.8 Å². The number of ether oxygens (including phenoxy) is 2. The molecule has 0 amide bonds. The maximum absolute atomic E-state index is 14.6. The molecule has 0 unspecified atom stereocenters. The summed E-state index contributed by atoms with van der Waals surface area (Å²) >= 11 is 0. The second-order valence-corrected chi connectivity index (χ2v) is 16.0. The summed E-state index contributed by atoms with van der Waals surface area (Å²) in [7, 11) is -2.29. The van der Waals surface area contributed by atoms with E-state index >= 15 is 0 Å². The number of carbonyl (C=O) groups is 2. The van der Waals surface area contributed by atoms with Gasteiger partial charge in [-0.25, -0.2) is 0 Å². The second kappa shape index (κ2) is 12.4. The average Bonchev–Trinajstić information content (AvgIpc) is 3.03. The predicted octanol–water partition coefficient (Wildman–Crippen LogP) is 5.21. The zero-order valence-corrected chi connectivity index (χ0v) is 24.9. The van der Waals surface area contributed by atoms with E-state index in [0.717, 1.165) is 22.3 Å². The normalized spacial score (nSPS) is 12.6. The van der Waals surface area contributed by atoms with Crippen LogP contribution in [-0.2, 0) is 23.6 Å². The molecule has 7 nitrogen and oxygen atoms in total. The van der Waals surface area contributed by atoms with Crippen molar-refractivity contribution in [1.82, 2.24) is 0 Å². The van der Waals surface area contributed by atoms with Gasteiger partial charge in [-0.3, -0.25) is 0 Å². The summed E-state index contributed by atoms with van der Waals surface area (Å²) < 4.78 is 45.6. The van der Waals surface area contributed by atoms with E-state index < -0.39 is 28.9 Å². The van der Waals surface area contributed by atoms with Crippen molar-refractivity contribution in [3.8, 4) is 0 Å². The van der Waals surface area contributed by atoms with Crippen LogP contribution in [0, 0.1) is 0 Å². The van der Waals surface area contributed by atoms with Crippen LogP contribution in [0.4, 0.5) is 0 Å². The summed E-state index contributed by atoms with van der Waals surface area (Å²) in [5, 5.41) is 2.22. The van der Waals surface area contributed by atoms with E-state index in [2.05, 4.69) is 0 Å². The number of carbonyl (C=O) groups excluding carboxylic acids is 2.